The molecule has 0 aromatic heterocycles. The Hall–Kier alpha value is -0.400. The van der Waals surface area contributed by atoms with E-state index < -0.39 is 15.8 Å². The molecule has 1 atom stereocenters. The van der Waals surface area contributed by atoms with Gasteiger partial charge in [-0.1, -0.05) is 11.6 Å². The van der Waals surface area contributed by atoms with Crippen molar-refractivity contribution in [3.05, 3.63) is 29.0 Å². The number of halogens is 3. The zero-order valence-electron chi connectivity index (χ0n) is 9.34. The predicted molar refractivity (Wildman–Crippen MR) is 70.0 cm³/mol. The molecule has 0 amide bonds. The van der Waals surface area contributed by atoms with E-state index in [1.807, 2.05) is 0 Å². The minimum absolute atomic E-state index is 0. The molecule has 1 aromatic rings. The summed E-state index contributed by atoms with van der Waals surface area (Å²) in [5.74, 6) is -0.628. The lowest BCUT2D eigenvalue weighted by atomic mass is 10.3. The fourth-order valence-electron chi connectivity index (χ4n) is 1.79. The second-order valence-corrected chi connectivity index (χ2v) is 6.30. The summed E-state index contributed by atoms with van der Waals surface area (Å²) in [6.07, 6.45) is 0.603. The van der Waals surface area contributed by atoms with Crippen LogP contribution in [0.15, 0.2) is 23.1 Å². The molecule has 1 saturated heterocycles. The van der Waals surface area contributed by atoms with Gasteiger partial charge in [-0.05, 0) is 24.6 Å². The molecule has 0 aliphatic carbocycles. The van der Waals surface area contributed by atoms with Crippen LogP contribution in [0.1, 0.15) is 6.42 Å². The number of nitrogens with two attached hydrogens (primary N) is 1. The van der Waals surface area contributed by atoms with Crippen LogP contribution in [0.5, 0.6) is 0 Å². The Morgan fingerprint density at radius 2 is 2.11 bits per heavy atom. The summed E-state index contributed by atoms with van der Waals surface area (Å²) >= 11 is 5.79. The fraction of sp³-hybridized carbons (Fsp3) is 0.400. The van der Waals surface area contributed by atoms with Gasteiger partial charge in [0.05, 0.1) is 5.02 Å². The fourth-order valence-corrected chi connectivity index (χ4v) is 3.78. The maximum Gasteiger partial charge on any atom is 0.244 e. The number of nitrogens with zero attached hydrogens (tertiary/aromatic N) is 1. The number of hydrogen-bond acceptors (Lipinski definition) is 3. The van der Waals surface area contributed by atoms with Crippen LogP contribution in [-0.4, -0.2) is 31.9 Å². The summed E-state index contributed by atoms with van der Waals surface area (Å²) in [5, 5.41) is 0.0203. The van der Waals surface area contributed by atoms with Crippen molar-refractivity contribution in [2.45, 2.75) is 17.4 Å². The third-order valence-corrected chi connectivity index (χ3v) is 5.05. The summed E-state index contributed by atoms with van der Waals surface area (Å²) < 4.78 is 38.7. The Morgan fingerprint density at radius 1 is 1.44 bits per heavy atom. The lowest BCUT2D eigenvalue weighted by Crippen LogP contribution is -2.32. The van der Waals surface area contributed by atoms with Crippen LogP contribution >= 0.6 is 24.0 Å². The van der Waals surface area contributed by atoms with E-state index >= 15 is 0 Å². The van der Waals surface area contributed by atoms with E-state index in [0.29, 0.717) is 13.0 Å². The van der Waals surface area contributed by atoms with Gasteiger partial charge in [-0.15, -0.1) is 12.4 Å². The van der Waals surface area contributed by atoms with E-state index in [1.54, 1.807) is 0 Å². The van der Waals surface area contributed by atoms with Gasteiger partial charge in [-0.2, -0.15) is 4.31 Å². The van der Waals surface area contributed by atoms with Crippen LogP contribution in [0.4, 0.5) is 4.39 Å². The van der Waals surface area contributed by atoms with E-state index in [9.17, 15) is 12.8 Å². The second kappa shape index (κ2) is 5.71. The van der Waals surface area contributed by atoms with Gasteiger partial charge in [0, 0.05) is 19.1 Å². The maximum absolute atomic E-state index is 13.1. The Morgan fingerprint density at radius 3 is 2.67 bits per heavy atom. The molecular weight excluding hydrogens is 302 g/mol. The van der Waals surface area contributed by atoms with Gasteiger partial charge < -0.3 is 5.73 Å². The monoisotopic (exact) mass is 314 g/mol. The minimum atomic E-state index is -3.74. The normalized spacial score (nSPS) is 20.7. The molecule has 18 heavy (non-hydrogen) atoms. The Kier molecular flexibility index (Phi) is 4.97. The molecule has 0 spiro atoms. The molecule has 2 N–H and O–H groups in total. The summed E-state index contributed by atoms with van der Waals surface area (Å²) in [4.78, 5) is -0.201. The van der Waals surface area contributed by atoms with Crippen molar-refractivity contribution in [1.29, 1.82) is 0 Å². The van der Waals surface area contributed by atoms with Gasteiger partial charge in [0.1, 0.15) is 10.7 Å². The van der Waals surface area contributed by atoms with Crippen LogP contribution in [0, 0.1) is 5.82 Å². The standard InChI is InChI=1S/C10H12ClFN2O2S.ClH/c11-9-2-1-7(12)5-10(9)17(15,16)14-4-3-8(13)6-14;/h1-2,5,8H,3-4,6,13H2;1H. The lowest BCUT2D eigenvalue weighted by Gasteiger charge is -2.16. The van der Waals surface area contributed by atoms with Crippen LogP contribution in [0.25, 0.3) is 0 Å². The van der Waals surface area contributed by atoms with Gasteiger partial charge in [-0.3, -0.25) is 0 Å². The first-order valence-electron chi connectivity index (χ1n) is 5.12. The molecule has 1 fully saturated rings. The van der Waals surface area contributed by atoms with Crippen molar-refractivity contribution in [3.63, 3.8) is 0 Å². The SMILES string of the molecule is Cl.NC1CCN(S(=O)(=O)c2cc(F)ccc2Cl)C1. The molecular formula is C10H13Cl2FN2O2S. The minimum Gasteiger partial charge on any atom is -0.326 e. The quantitative estimate of drug-likeness (QED) is 0.902. The van der Waals surface area contributed by atoms with Crippen molar-refractivity contribution in [3.8, 4) is 0 Å². The molecule has 0 bridgehead atoms. The van der Waals surface area contributed by atoms with E-state index in [2.05, 4.69) is 0 Å². The van der Waals surface area contributed by atoms with Crippen LogP contribution in [-0.2, 0) is 10.0 Å². The zero-order valence-corrected chi connectivity index (χ0v) is 11.7. The first-order valence-corrected chi connectivity index (χ1v) is 6.94. The topological polar surface area (TPSA) is 63.4 Å². The lowest BCUT2D eigenvalue weighted by molar-refractivity contribution is 0.471. The highest BCUT2D eigenvalue weighted by Crippen LogP contribution is 2.27. The van der Waals surface area contributed by atoms with Crippen molar-refractivity contribution in [2.24, 2.45) is 5.73 Å². The van der Waals surface area contributed by atoms with Crippen molar-refractivity contribution in [2.75, 3.05) is 13.1 Å². The van der Waals surface area contributed by atoms with Crippen LogP contribution in [0.3, 0.4) is 0 Å². The zero-order chi connectivity index (χ0) is 12.6. The van der Waals surface area contributed by atoms with E-state index in [1.165, 1.54) is 10.4 Å². The number of benzene rings is 1. The Bertz CT molecular complexity index is 539. The third-order valence-electron chi connectivity index (χ3n) is 2.70. The average Bonchev–Trinajstić information content (AvgIpc) is 2.69. The number of sulfonamides is 1. The average molecular weight is 315 g/mol. The highest BCUT2D eigenvalue weighted by molar-refractivity contribution is 7.89. The van der Waals surface area contributed by atoms with Crippen molar-refractivity contribution < 1.29 is 12.8 Å². The van der Waals surface area contributed by atoms with E-state index in [0.717, 1.165) is 12.1 Å². The molecule has 0 saturated carbocycles. The maximum atomic E-state index is 13.1. The largest absolute Gasteiger partial charge is 0.326 e. The summed E-state index contributed by atoms with van der Waals surface area (Å²) in [6.45, 7) is 0.589. The van der Waals surface area contributed by atoms with Crippen LogP contribution < -0.4 is 5.73 Å². The number of rotatable bonds is 2. The molecule has 1 aliphatic rings. The highest BCUT2D eigenvalue weighted by atomic mass is 35.5. The van der Waals surface area contributed by atoms with E-state index in [-0.39, 0.29) is 34.9 Å². The molecule has 1 unspecified atom stereocenters. The molecule has 1 heterocycles. The van der Waals surface area contributed by atoms with E-state index in [4.69, 9.17) is 17.3 Å². The van der Waals surface area contributed by atoms with Crippen molar-refractivity contribution in [1.82, 2.24) is 4.31 Å². The number of hydrogen-bond donors (Lipinski definition) is 1. The first kappa shape index (κ1) is 15.7. The third kappa shape index (κ3) is 2.95. The molecule has 0 radical (unpaired) electrons. The highest BCUT2D eigenvalue weighted by Gasteiger charge is 2.32. The Labute approximate surface area is 116 Å². The predicted octanol–water partition coefficient (Wildman–Crippen LogP) is 1.62. The van der Waals surface area contributed by atoms with Gasteiger partial charge in [0.2, 0.25) is 10.0 Å². The summed E-state index contributed by atoms with van der Waals surface area (Å²) in [6, 6.07) is 3.12. The molecule has 8 heteroatoms. The first-order chi connectivity index (χ1) is 7.91. The van der Waals surface area contributed by atoms with Crippen molar-refractivity contribution >= 4 is 34.0 Å². The molecule has 2 rings (SSSR count). The summed E-state index contributed by atoms with van der Waals surface area (Å²) in [5.41, 5.74) is 5.65. The molecule has 4 nitrogen and oxygen atoms in total. The Balaban J connectivity index is 0.00000162. The van der Waals surface area contributed by atoms with Gasteiger partial charge in [-0.25, -0.2) is 12.8 Å². The smallest absolute Gasteiger partial charge is 0.244 e. The van der Waals surface area contributed by atoms with Crippen LogP contribution in [0.2, 0.25) is 5.02 Å². The molecule has 1 aliphatic heterocycles. The van der Waals surface area contributed by atoms with Gasteiger partial charge >= 0.3 is 0 Å². The van der Waals surface area contributed by atoms with Gasteiger partial charge in [0.15, 0.2) is 0 Å². The molecule has 102 valence electrons. The van der Waals surface area contributed by atoms with Gasteiger partial charge in [0.25, 0.3) is 0 Å². The second-order valence-electron chi connectivity index (χ2n) is 3.99. The summed E-state index contributed by atoms with van der Waals surface area (Å²) in [7, 11) is -3.74. The molecule has 1 aromatic carbocycles.